The van der Waals surface area contributed by atoms with E-state index >= 15 is 0 Å². The zero-order valence-corrected chi connectivity index (χ0v) is 21.1. The van der Waals surface area contributed by atoms with Crippen LogP contribution in [0.1, 0.15) is 24.1 Å². The number of methoxy groups -OCH3 is 1. The summed E-state index contributed by atoms with van der Waals surface area (Å²) in [6, 6.07) is 23.2. The zero-order chi connectivity index (χ0) is 25.2. The third-order valence-corrected chi connectivity index (χ3v) is 7.13. The minimum Gasteiger partial charge on any atom is -0.497 e. The standard InChI is InChI=1S/C28H22ClN3O3S/c1-17-24(26(33)31-21-6-4-3-5-7-21)25(19-10-14-22(35-2)15-11-19)32-27(34)23(36-28(32)30-17)16-18-8-12-20(29)13-9-18/h3-16,25H,1-2H3,(H,31,33)/b23-16+/t25-/m1/s1. The monoisotopic (exact) mass is 515 g/mol. The van der Waals surface area contributed by atoms with Crippen LogP contribution in [0.2, 0.25) is 5.02 Å². The predicted molar refractivity (Wildman–Crippen MR) is 143 cm³/mol. The Morgan fingerprint density at radius 1 is 1.06 bits per heavy atom. The molecule has 2 heterocycles. The van der Waals surface area contributed by atoms with Crippen LogP contribution >= 0.6 is 22.9 Å². The molecular weight excluding hydrogens is 494 g/mol. The summed E-state index contributed by atoms with van der Waals surface area (Å²) in [5.41, 5.74) is 3.05. The van der Waals surface area contributed by atoms with Gasteiger partial charge < -0.3 is 10.1 Å². The van der Waals surface area contributed by atoms with Gasteiger partial charge in [-0.3, -0.25) is 14.2 Å². The number of nitrogens with one attached hydrogen (secondary N) is 1. The number of hydrogen-bond acceptors (Lipinski definition) is 5. The summed E-state index contributed by atoms with van der Waals surface area (Å²) in [6.07, 6.45) is 1.81. The summed E-state index contributed by atoms with van der Waals surface area (Å²) in [5.74, 6) is 0.375. The van der Waals surface area contributed by atoms with E-state index < -0.39 is 6.04 Å². The third kappa shape index (κ3) is 4.63. The molecule has 6 nitrogen and oxygen atoms in total. The molecule has 1 aliphatic heterocycles. The first-order chi connectivity index (χ1) is 17.4. The Morgan fingerprint density at radius 2 is 1.75 bits per heavy atom. The summed E-state index contributed by atoms with van der Waals surface area (Å²) in [5, 5.41) is 3.58. The molecule has 0 unspecified atom stereocenters. The number of thiazole rings is 1. The maximum absolute atomic E-state index is 13.7. The van der Waals surface area contributed by atoms with Crippen molar-refractivity contribution in [3.8, 4) is 5.75 Å². The lowest BCUT2D eigenvalue weighted by Gasteiger charge is -2.25. The van der Waals surface area contributed by atoms with Gasteiger partial charge in [-0.25, -0.2) is 4.99 Å². The number of nitrogens with zero attached hydrogens (tertiary/aromatic N) is 2. The number of hydrogen-bond donors (Lipinski definition) is 1. The zero-order valence-electron chi connectivity index (χ0n) is 19.6. The highest BCUT2D eigenvalue weighted by Gasteiger charge is 2.32. The van der Waals surface area contributed by atoms with E-state index in [4.69, 9.17) is 16.3 Å². The quantitative estimate of drug-likeness (QED) is 0.424. The molecule has 1 aromatic heterocycles. The summed E-state index contributed by atoms with van der Waals surface area (Å²) in [7, 11) is 1.59. The molecule has 4 aromatic rings. The second-order valence-electron chi connectivity index (χ2n) is 8.23. The van der Waals surface area contributed by atoms with Gasteiger partial charge in [0.2, 0.25) is 0 Å². The van der Waals surface area contributed by atoms with Crippen LogP contribution in [0.15, 0.2) is 99.9 Å². The molecule has 1 aliphatic rings. The van der Waals surface area contributed by atoms with Gasteiger partial charge in [-0.05, 0) is 60.5 Å². The number of aromatic nitrogens is 1. The molecule has 180 valence electrons. The van der Waals surface area contributed by atoms with Gasteiger partial charge in [0.15, 0.2) is 4.80 Å². The Kier molecular flexibility index (Phi) is 6.59. The summed E-state index contributed by atoms with van der Waals surface area (Å²) < 4.78 is 7.43. The van der Waals surface area contributed by atoms with Gasteiger partial charge in [-0.15, -0.1) is 0 Å². The second-order valence-corrected chi connectivity index (χ2v) is 9.67. The molecule has 0 bridgehead atoms. The molecule has 8 heteroatoms. The van der Waals surface area contributed by atoms with E-state index in [1.807, 2.05) is 72.8 Å². The highest BCUT2D eigenvalue weighted by molar-refractivity contribution is 7.07. The second kappa shape index (κ2) is 9.97. The lowest BCUT2D eigenvalue weighted by Crippen LogP contribution is -2.40. The van der Waals surface area contributed by atoms with Crippen molar-refractivity contribution in [1.29, 1.82) is 0 Å². The Labute approximate surface area is 216 Å². The number of carbonyl (C=O) groups is 1. The van der Waals surface area contributed by atoms with Gasteiger partial charge in [0, 0.05) is 10.7 Å². The largest absolute Gasteiger partial charge is 0.497 e. The van der Waals surface area contributed by atoms with Crippen molar-refractivity contribution in [3.63, 3.8) is 0 Å². The Morgan fingerprint density at radius 3 is 2.42 bits per heavy atom. The number of amides is 1. The SMILES string of the molecule is COc1ccc([C@@H]2C(C(=O)Nc3ccccc3)=C(C)N=c3s/c(=C/c4ccc(Cl)cc4)c(=O)n32)cc1. The number of anilines is 1. The fourth-order valence-electron chi connectivity index (χ4n) is 4.14. The molecule has 5 rings (SSSR count). The molecule has 0 spiro atoms. The Balaban J connectivity index is 1.67. The van der Waals surface area contributed by atoms with Gasteiger partial charge in [-0.1, -0.05) is 65.4 Å². The molecule has 0 radical (unpaired) electrons. The maximum atomic E-state index is 13.7. The normalized spacial score (nSPS) is 15.3. The Hall–Kier alpha value is -3.94. The number of rotatable bonds is 5. The molecule has 36 heavy (non-hydrogen) atoms. The van der Waals surface area contributed by atoms with Crippen molar-refractivity contribution in [1.82, 2.24) is 4.57 Å². The smallest absolute Gasteiger partial charge is 0.271 e. The molecule has 0 aliphatic carbocycles. The van der Waals surface area contributed by atoms with Crippen LogP contribution in [0, 0.1) is 0 Å². The fourth-order valence-corrected chi connectivity index (χ4v) is 5.32. The molecule has 1 atom stereocenters. The van der Waals surface area contributed by atoms with Crippen LogP contribution in [0.3, 0.4) is 0 Å². The first-order valence-corrected chi connectivity index (χ1v) is 12.4. The number of allylic oxidation sites excluding steroid dienone is 1. The lowest BCUT2D eigenvalue weighted by molar-refractivity contribution is -0.113. The molecule has 3 aromatic carbocycles. The number of para-hydroxylation sites is 1. The van der Waals surface area contributed by atoms with Crippen molar-refractivity contribution in [3.05, 3.63) is 126 Å². The molecular formula is C28H22ClN3O3S. The molecule has 0 saturated carbocycles. The van der Waals surface area contributed by atoms with Gasteiger partial charge in [0.05, 0.1) is 29.0 Å². The average molecular weight is 516 g/mol. The van der Waals surface area contributed by atoms with Crippen LogP contribution in [-0.2, 0) is 4.79 Å². The van der Waals surface area contributed by atoms with Gasteiger partial charge in [0.1, 0.15) is 5.75 Å². The third-order valence-electron chi connectivity index (χ3n) is 5.90. The highest BCUT2D eigenvalue weighted by atomic mass is 35.5. The summed E-state index contributed by atoms with van der Waals surface area (Å²) in [6.45, 7) is 1.80. The number of halogens is 1. The minimum atomic E-state index is -0.650. The Bertz CT molecular complexity index is 1640. The number of ether oxygens (including phenoxy) is 1. The van der Waals surface area contributed by atoms with Crippen molar-refractivity contribution in [2.75, 3.05) is 12.4 Å². The van der Waals surface area contributed by atoms with E-state index in [0.717, 1.165) is 11.1 Å². The molecule has 0 saturated heterocycles. The van der Waals surface area contributed by atoms with Crippen molar-refractivity contribution in [2.24, 2.45) is 4.99 Å². The molecule has 0 fully saturated rings. The van der Waals surface area contributed by atoms with Gasteiger partial charge in [-0.2, -0.15) is 0 Å². The van der Waals surface area contributed by atoms with E-state index in [0.29, 0.717) is 37.1 Å². The summed E-state index contributed by atoms with van der Waals surface area (Å²) in [4.78, 5) is 32.5. The topological polar surface area (TPSA) is 72.7 Å². The number of fused-ring (bicyclic) bond motifs is 1. The van der Waals surface area contributed by atoms with Crippen LogP contribution in [0.4, 0.5) is 5.69 Å². The van der Waals surface area contributed by atoms with E-state index in [9.17, 15) is 9.59 Å². The molecule has 1 N–H and O–H groups in total. The highest BCUT2D eigenvalue weighted by Crippen LogP contribution is 2.31. The van der Waals surface area contributed by atoms with E-state index in [2.05, 4.69) is 10.3 Å². The van der Waals surface area contributed by atoms with Gasteiger partial charge in [0.25, 0.3) is 11.5 Å². The first-order valence-electron chi connectivity index (χ1n) is 11.2. The van der Waals surface area contributed by atoms with Crippen molar-refractivity contribution in [2.45, 2.75) is 13.0 Å². The number of benzene rings is 3. The minimum absolute atomic E-state index is 0.216. The van der Waals surface area contributed by atoms with Gasteiger partial charge >= 0.3 is 0 Å². The molecule has 1 amide bonds. The maximum Gasteiger partial charge on any atom is 0.271 e. The van der Waals surface area contributed by atoms with Crippen molar-refractivity contribution < 1.29 is 9.53 Å². The lowest BCUT2D eigenvalue weighted by atomic mass is 9.95. The van der Waals surface area contributed by atoms with Crippen LogP contribution in [-0.4, -0.2) is 17.6 Å². The number of carbonyl (C=O) groups excluding carboxylic acids is 1. The van der Waals surface area contributed by atoms with Crippen molar-refractivity contribution >= 4 is 40.6 Å². The van der Waals surface area contributed by atoms with Crippen LogP contribution in [0.5, 0.6) is 5.75 Å². The van der Waals surface area contributed by atoms with Crippen LogP contribution < -0.4 is 24.9 Å². The van der Waals surface area contributed by atoms with E-state index in [-0.39, 0.29) is 11.5 Å². The predicted octanol–water partition coefficient (Wildman–Crippen LogP) is 4.54. The first kappa shape index (κ1) is 23.8. The van der Waals surface area contributed by atoms with Crippen LogP contribution in [0.25, 0.3) is 6.08 Å². The average Bonchev–Trinajstić information content (AvgIpc) is 3.19. The summed E-state index contributed by atoms with van der Waals surface area (Å²) >= 11 is 7.31. The van der Waals surface area contributed by atoms with E-state index in [1.54, 1.807) is 30.7 Å². The fraction of sp³-hybridized carbons (Fsp3) is 0.107. The van der Waals surface area contributed by atoms with E-state index in [1.165, 1.54) is 11.3 Å².